The van der Waals surface area contributed by atoms with Crippen LogP contribution in [0.2, 0.25) is 0 Å². The number of hydrogen-bond acceptors (Lipinski definition) is 2. The van der Waals surface area contributed by atoms with Gasteiger partial charge < -0.3 is 5.11 Å². The fraction of sp³-hybridized carbons (Fsp3) is 1.00. The van der Waals surface area contributed by atoms with Crippen molar-refractivity contribution in [1.29, 1.82) is 0 Å². The second-order valence-corrected chi connectivity index (χ2v) is 6.90. The molecule has 2 heteroatoms. The first kappa shape index (κ1) is 14.3. The smallest absolute Gasteiger partial charge is 0.0695 e. The fourth-order valence-corrected chi connectivity index (χ4v) is 3.84. The van der Waals surface area contributed by atoms with Gasteiger partial charge in [-0.25, -0.2) is 0 Å². The molecule has 0 aromatic carbocycles. The van der Waals surface area contributed by atoms with Crippen LogP contribution in [-0.4, -0.2) is 35.2 Å². The summed E-state index contributed by atoms with van der Waals surface area (Å²) >= 11 is 0. The van der Waals surface area contributed by atoms with E-state index >= 15 is 0 Å². The third kappa shape index (κ3) is 3.96. The molecular formula is C16H31NO. The Morgan fingerprint density at radius 2 is 1.50 bits per heavy atom. The van der Waals surface area contributed by atoms with Crippen molar-refractivity contribution >= 4 is 0 Å². The molecular weight excluding hydrogens is 222 g/mol. The van der Waals surface area contributed by atoms with E-state index in [1.807, 2.05) is 0 Å². The molecule has 2 aliphatic carbocycles. The molecule has 2 saturated carbocycles. The zero-order valence-corrected chi connectivity index (χ0v) is 12.3. The van der Waals surface area contributed by atoms with E-state index in [0.717, 1.165) is 19.1 Å². The SMILES string of the molecule is CC(C)CN(CC(O)C1CCCC1)C1CCCC1. The van der Waals surface area contributed by atoms with Gasteiger partial charge in [0.15, 0.2) is 0 Å². The predicted octanol–water partition coefficient (Wildman–Crippen LogP) is 3.44. The Kier molecular flexibility index (Phi) is 5.50. The number of hydrogen-bond donors (Lipinski definition) is 1. The van der Waals surface area contributed by atoms with E-state index in [4.69, 9.17) is 0 Å². The molecule has 18 heavy (non-hydrogen) atoms. The Hall–Kier alpha value is -0.0800. The maximum absolute atomic E-state index is 10.5. The maximum Gasteiger partial charge on any atom is 0.0695 e. The first-order chi connectivity index (χ1) is 8.66. The van der Waals surface area contributed by atoms with Crippen LogP contribution in [0.5, 0.6) is 0 Å². The van der Waals surface area contributed by atoms with Crippen LogP contribution in [0.1, 0.15) is 65.2 Å². The lowest BCUT2D eigenvalue weighted by atomic mass is 9.99. The molecule has 0 amide bonds. The number of nitrogens with zero attached hydrogens (tertiary/aromatic N) is 1. The van der Waals surface area contributed by atoms with Gasteiger partial charge in [-0.15, -0.1) is 0 Å². The van der Waals surface area contributed by atoms with E-state index < -0.39 is 0 Å². The number of aliphatic hydroxyl groups is 1. The molecule has 2 rings (SSSR count). The van der Waals surface area contributed by atoms with Crippen LogP contribution < -0.4 is 0 Å². The van der Waals surface area contributed by atoms with Gasteiger partial charge in [0.05, 0.1) is 6.10 Å². The van der Waals surface area contributed by atoms with Crippen molar-refractivity contribution in [2.24, 2.45) is 11.8 Å². The second-order valence-electron chi connectivity index (χ2n) is 6.90. The first-order valence-corrected chi connectivity index (χ1v) is 8.09. The van der Waals surface area contributed by atoms with Crippen molar-refractivity contribution in [3.8, 4) is 0 Å². The van der Waals surface area contributed by atoms with Gasteiger partial charge in [-0.1, -0.05) is 39.5 Å². The Bertz CT molecular complexity index is 229. The van der Waals surface area contributed by atoms with Gasteiger partial charge in [0.25, 0.3) is 0 Å². The summed E-state index contributed by atoms with van der Waals surface area (Å²) in [4.78, 5) is 2.60. The van der Waals surface area contributed by atoms with Crippen LogP contribution >= 0.6 is 0 Å². The van der Waals surface area contributed by atoms with E-state index in [2.05, 4.69) is 18.7 Å². The summed E-state index contributed by atoms with van der Waals surface area (Å²) in [5.74, 6) is 1.29. The van der Waals surface area contributed by atoms with Gasteiger partial charge in [0.1, 0.15) is 0 Å². The monoisotopic (exact) mass is 253 g/mol. The summed E-state index contributed by atoms with van der Waals surface area (Å²) in [6.07, 6.45) is 10.6. The minimum absolute atomic E-state index is 0.0770. The highest BCUT2D eigenvalue weighted by Gasteiger charge is 2.29. The van der Waals surface area contributed by atoms with Crippen molar-refractivity contribution in [3.05, 3.63) is 0 Å². The summed E-state index contributed by atoms with van der Waals surface area (Å²) in [5.41, 5.74) is 0. The molecule has 0 spiro atoms. The lowest BCUT2D eigenvalue weighted by Gasteiger charge is -2.33. The minimum atomic E-state index is -0.0770. The van der Waals surface area contributed by atoms with Gasteiger partial charge in [-0.05, 0) is 37.5 Å². The summed E-state index contributed by atoms with van der Waals surface area (Å²) in [6, 6.07) is 0.753. The summed E-state index contributed by atoms with van der Waals surface area (Å²) < 4.78 is 0. The molecule has 2 nitrogen and oxygen atoms in total. The van der Waals surface area contributed by atoms with Gasteiger partial charge in [0, 0.05) is 19.1 Å². The van der Waals surface area contributed by atoms with Crippen LogP contribution in [0.3, 0.4) is 0 Å². The van der Waals surface area contributed by atoms with E-state index in [0.29, 0.717) is 11.8 Å². The Labute approximate surface area is 113 Å². The van der Waals surface area contributed by atoms with Crippen LogP contribution in [0.25, 0.3) is 0 Å². The standard InChI is InChI=1S/C16H31NO/c1-13(2)11-17(15-9-5-6-10-15)12-16(18)14-7-3-4-8-14/h13-16,18H,3-12H2,1-2H3. The maximum atomic E-state index is 10.5. The van der Waals surface area contributed by atoms with Crippen LogP contribution in [0.4, 0.5) is 0 Å². The Morgan fingerprint density at radius 3 is 2.06 bits per heavy atom. The molecule has 0 saturated heterocycles. The van der Waals surface area contributed by atoms with Gasteiger partial charge in [-0.3, -0.25) is 4.90 Å². The molecule has 0 bridgehead atoms. The van der Waals surface area contributed by atoms with Crippen LogP contribution in [0.15, 0.2) is 0 Å². The van der Waals surface area contributed by atoms with Crippen molar-refractivity contribution in [2.75, 3.05) is 13.1 Å². The van der Waals surface area contributed by atoms with E-state index in [-0.39, 0.29) is 6.10 Å². The van der Waals surface area contributed by atoms with Crippen molar-refractivity contribution < 1.29 is 5.11 Å². The number of rotatable bonds is 6. The van der Waals surface area contributed by atoms with Crippen LogP contribution in [-0.2, 0) is 0 Å². The first-order valence-electron chi connectivity index (χ1n) is 8.09. The lowest BCUT2D eigenvalue weighted by Crippen LogP contribution is -2.43. The van der Waals surface area contributed by atoms with Gasteiger partial charge in [0.2, 0.25) is 0 Å². The molecule has 2 aliphatic rings. The van der Waals surface area contributed by atoms with Gasteiger partial charge in [-0.2, -0.15) is 0 Å². The van der Waals surface area contributed by atoms with Crippen molar-refractivity contribution in [1.82, 2.24) is 4.90 Å². The summed E-state index contributed by atoms with van der Waals surface area (Å²) in [5, 5.41) is 10.5. The molecule has 106 valence electrons. The largest absolute Gasteiger partial charge is 0.392 e. The molecule has 1 atom stereocenters. The van der Waals surface area contributed by atoms with E-state index in [9.17, 15) is 5.11 Å². The molecule has 0 aromatic heterocycles. The predicted molar refractivity (Wildman–Crippen MR) is 76.6 cm³/mol. The third-order valence-electron chi connectivity index (χ3n) is 4.81. The average molecular weight is 253 g/mol. The third-order valence-corrected chi connectivity index (χ3v) is 4.81. The summed E-state index contributed by atoms with van der Waals surface area (Å²) in [6.45, 7) is 6.68. The summed E-state index contributed by atoms with van der Waals surface area (Å²) in [7, 11) is 0. The zero-order valence-electron chi connectivity index (χ0n) is 12.3. The van der Waals surface area contributed by atoms with Crippen molar-refractivity contribution in [3.63, 3.8) is 0 Å². The Morgan fingerprint density at radius 1 is 0.944 bits per heavy atom. The van der Waals surface area contributed by atoms with Gasteiger partial charge >= 0.3 is 0 Å². The molecule has 0 heterocycles. The van der Waals surface area contributed by atoms with E-state index in [1.54, 1.807) is 0 Å². The highest BCUT2D eigenvalue weighted by molar-refractivity contribution is 4.83. The highest BCUT2D eigenvalue weighted by Crippen LogP contribution is 2.30. The average Bonchev–Trinajstić information content (AvgIpc) is 3.01. The second kappa shape index (κ2) is 6.91. The molecule has 0 aliphatic heterocycles. The molecule has 1 unspecified atom stereocenters. The van der Waals surface area contributed by atoms with E-state index in [1.165, 1.54) is 51.4 Å². The Balaban J connectivity index is 1.86. The minimum Gasteiger partial charge on any atom is -0.392 e. The zero-order chi connectivity index (χ0) is 13.0. The van der Waals surface area contributed by atoms with Crippen molar-refractivity contribution in [2.45, 2.75) is 77.4 Å². The topological polar surface area (TPSA) is 23.5 Å². The molecule has 1 N–H and O–H groups in total. The lowest BCUT2D eigenvalue weighted by molar-refractivity contribution is 0.0438. The number of aliphatic hydroxyl groups excluding tert-OH is 1. The molecule has 0 radical (unpaired) electrons. The fourth-order valence-electron chi connectivity index (χ4n) is 3.84. The quantitative estimate of drug-likeness (QED) is 0.784. The molecule has 0 aromatic rings. The molecule has 2 fully saturated rings. The normalized spacial score (nSPS) is 24.5. The highest BCUT2D eigenvalue weighted by atomic mass is 16.3. The van der Waals surface area contributed by atoms with Crippen LogP contribution in [0, 0.1) is 11.8 Å².